The van der Waals surface area contributed by atoms with Crippen LogP contribution in [0.15, 0.2) is 47.4 Å². The van der Waals surface area contributed by atoms with Gasteiger partial charge in [-0.2, -0.15) is 0 Å². The van der Waals surface area contributed by atoms with Gasteiger partial charge in [-0.3, -0.25) is 14.9 Å². The van der Waals surface area contributed by atoms with Gasteiger partial charge in [0.1, 0.15) is 11.3 Å². The molecule has 2 heterocycles. The molecule has 0 saturated heterocycles. The topological polar surface area (TPSA) is 84.1 Å². The van der Waals surface area contributed by atoms with Crippen LogP contribution < -0.4 is 15.6 Å². The minimum Gasteiger partial charge on any atom is -0.497 e. The molecule has 1 amide bonds. The summed E-state index contributed by atoms with van der Waals surface area (Å²) in [5.74, 6) is 0.287. The number of amides is 1. The van der Waals surface area contributed by atoms with Gasteiger partial charge in [-0.15, -0.1) is 11.3 Å². The van der Waals surface area contributed by atoms with Gasteiger partial charge in [0, 0.05) is 16.6 Å². The molecule has 7 heteroatoms. The summed E-state index contributed by atoms with van der Waals surface area (Å²) in [5, 5.41) is 3.13. The number of nitrogens with zero attached hydrogens (tertiary/aromatic N) is 1. The summed E-state index contributed by atoms with van der Waals surface area (Å²) in [6, 6.07) is 10.6. The average Bonchev–Trinajstić information content (AvgIpc) is 2.95. The maximum Gasteiger partial charge on any atom is 0.263 e. The Morgan fingerprint density at radius 2 is 2.00 bits per heavy atom. The third-order valence-corrected chi connectivity index (χ3v) is 4.33. The fraction of sp³-hybridized carbons (Fsp3) is 0.118. The van der Waals surface area contributed by atoms with Crippen molar-refractivity contribution < 1.29 is 9.53 Å². The highest BCUT2D eigenvalue weighted by atomic mass is 32.1. The molecule has 0 fully saturated rings. The lowest BCUT2D eigenvalue weighted by Gasteiger charge is -2.02. The van der Waals surface area contributed by atoms with Crippen molar-refractivity contribution in [2.75, 3.05) is 12.4 Å². The minimum atomic E-state index is -0.480. The number of thiazole rings is 1. The second kappa shape index (κ2) is 6.67. The molecule has 0 atom stereocenters. The number of carbonyl (C=O) groups is 1. The maximum absolute atomic E-state index is 12.2. The lowest BCUT2D eigenvalue weighted by Crippen LogP contribution is -2.22. The molecule has 0 aliphatic carbocycles. The van der Waals surface area contributed by atoms with Crippen LogP contribution in [0.25, 0.3) is 11.3 Å². The van der Waals surface area contributed by atoms with Gasteiger partial charge in [-0.1, -0.05) is 0 Å². The summed E-state index contributed by atoms with van der Waals surface area (Å²) in [4.78, 5) is 31.8. The molecule has 3 aromatic rings. The Balaban J connectivity index is 1.85. The summed E-state index contributed by atoms with van der Waals surface area (Å²) in [6.07, 6.45) is 1.48. The number of aromatic nitrogens is 2. The van der Waals surface area contributed by atoms with Crippen LogP contribution in [0.1, 0.15) is 15.2 Å². The van der Waals surface area contributed by atoms with E-state index in [1.807, 2.05) is 31.2 Å². The van der Waals surface area contributed by atoms with Crippen LogP contribution in [0.2, 0.25) is 0 Å². The number of carbonyl (C=O) groups excluding carboxylic acids is 1. The van der Waals surface area contributed by atoms with Gasteiger partial charge in [0.25, 0.3) is 11.5 Å². The van der Waals surface area contributed by atoms with Crippen molar-refractivity contribution in [2.45, 2.75) is 6.92 Å². The molecule has 2 N–H and O–H groups in total. The van der Waals surface area contributed by atoms with E-state index in [0.717, 1.165) is 21.9 Å². The highest BCUT2D eigenvalue weighted by Crippen LogP contribution is 2.31. The van der Waals surface area contributed by atoms with E-state index >= 15 is 0 Å². The second-order valence-corrected chi connectivity index (χ2v) is 6.22. The van der Waals surface area contributed by atoms with E-state index in [4.69, 9.17) is 4.74 Å². The minimum absolute atomic E-state index is 0.0522. The number of benzene rings is 1. The molecule has 122 valence electrons. The van der Waals surface area contributed by atoms with Crippen molar-refractivity contribution in [2.24, 2.45) is 0 Å². The Labute approximate surface area is 142 Å². The zero-order valence-corrected chi connectivity index (χ0v) is 13.9. The first-order valence-corrected chi connectivity index (χ1v) is 8.01. The lowest BCUT2D eigenvalue weighted by molar-refractivity contribution is 0.102. The van der Waals surface area contributed by atoms with E-state index < -0.39 is 11.5 Å². The van der Waals surface area contributed by atoms with Crippen molar-refractivity contribution >= 4 is 22.4 Å². The van der Waals surface area contributed by atoms with Gasteiger partial charge in [0.2, 0.25) is 0 Å². The predicted octanol–water partition coefficient (Wildman–Crippen LogP) is 3.07. The molecule has 0 bridgehead atoms. The first kappa shape index (κ1) is 15.9. The molecule has 6 nitrogen and oxygen atoms in total. The zero-order valence-electron chi connectivity index (χ0n) is 13.1. The number of hydrogen-bond donors (Lipinski definition) is 2. The normalized spacial score (nSPS) is 10.4. The summed E-state index contributed by atoms with van der Waals surface area (Å²) in [5.41, 5.74) is 1.34. The van der Waals surface area contributed by atoms with E-state index in [9.17, 15) is 9.59 Å². The van der Waals surface area contributed by atoms with Crippen LogP contribution in [-0.2, 0) is 0 Å². The molecule has 0 saturated carbocycles. The molecule has 0 spiro atoms. The Bertz CT molecular complexity index is 929. The Morgan fingerprint density at radius 3 is 2.67 bits per heavy atom. The standard InChI is InChI=1S/C17H15N3O3S/c1-10-14(11-5-7-12(23-2)8-6-11)19-17(24-10)20-16(22)13-4-3-9-18-15(13)21/h3-9H,1-2H3,(H,18,21)(H,19,20,22). The first-order valence-electron chi connectivity index (χ1n) is 7.19. The molecular weight excluding hydrogens is 326 g/mol. The third kappa shape index (κ3) is 3.21. The number of aryl methyl sites for hydroxylation is 1. The van der Waals surface area contributed by atoms with E-state index in [1.165, 1.54) is 23.6 Å². The van der Waals surface area contributed by atoms with E-state index in [1.54, 1.807) is 13.2 Å². The molecular formula is C17H15N3O3S. The molecule has 0 unspecified atom stereocenters. The van der Waals surface area contributed by atoms with Crippen molar-refractivity contribution in [1.82, 2.24) is 9.97 Å². The molecule has 1 aromatic carbocycles. The second-order valence-electron chi connectivity index (χ2n) is 5.02. The summed E-state index contributed by atoms with van der Waals surface area (Å²) >= 11 is 1.36. The van der Waals surface area contributed by atoms with Crippen molar-refractivity contribution in [3.05, 3.63) is 63.4 Å². The Hall–Kier alpha value is -2.93. The maximum atomic E-state index is 12.2. The van der Waals surface area contributed by atoms with Gasteiger partial charge in [-0.25, -0.2) is 4.98 Å². The molecule has 0 aliphatic heterocycles. The molecule has 0 radical (unpaired) electrons. The number of ether oxygens (including phenoxy) is 1. The van der Waals surface area contributed by atoms with Crippen molar-refractivity contribution in [1.29, 1.82) is 0 Å². The summed E-state index contributed by atoms with van der Waals surface area (Å²) in [7, 11) is 1.61. The van der Waals surface area contributed by atoms with Crippen LogP contribution in [0, 0.1) is 6.92 Å². The van der Waals surface area contributed by atoms with Crippen molar-refractivity contribution in [3.8, 4) is 17.0 Å². The van der Waals surface area contributed by atoms with Crippen molar-refractivity contribution in [3.63, 3.8) is 0 Å². The number of hydrogen-bond acceptors (Lipinski definition) is 5. The SMILES string of the molecule is COc1ccc(-c2nc(NC(=O)c3ccc[nH]c3=O)sc2C)cc1. The van der Waals surface area contributed by atoms with Gasteiger partial charge < -0.3 is 9.72 Å². The number of anilines is 1. The summed E-state index contributed by atoms with van der Waals surface area (Å²) in [6.45, 7) is 1.93. The monoisotopic (exact) mass is 341 g/mol. The van der Waals surface area contributed by atoms with Crippen LogP contribution in [-0.4, -0.2) is 23.0 Å². The number of aromatic amines is 1. The molecule has 24 heavy (non-hydrogen) atoms. The highest BCUT2D eigenvalue weighted by Gasteiger charge is 2.15. The number of methoxy groups -OCH3 is 1. The summed E-state index contributed by atoms with van der Waals surface area (Å²) < 4.78 is 5.15. The van der Waals surface area contributed by atoms with Crippen LogP contribution in [0.4, 0.5) is 5.13 Å². The quantitative estimate of drug-likeness (QED) is 0.764. The highest BCUT2D eigenvalue weighted by molar-refractivity contribution is 7.16. The first-order chi connectivity index (χ1) is 11.6. The molecule has 3 rings (SSSR count). The number of pyridine rings is 1. The Kier molecular flexibility index (Phi) is 4.43. The number of rotatable bonds is 4. The van der Waals surface area contributed by atoms with Gasteiger partial charge in [0.05, 0.1) is 12.8 Å². The fourth-order valence-electron chi connectivity index (χ4n) is 2.23. The van der Waals surface area contributed by atoms with E-state index in [0.29, 0.717) is 5.13 Å². The Morgan fingerprint density at radius 1 is 1.25 bits per heavy atom. The zero-order chi connectivity index (χ0) is 17.1. The number of H-pyrrole nitrogens is 1. The number of nitrogens with one attached hydrogen (secondary N) is 2. The predicted molar refractivity (Wildman–Crippen MR) is 93.9 cm³/mol. The average molecular weight is 341 g/mol. The van der Waals surface area contributed by atoms with Crippen LogP contribution in [0.3, 0.4) is 0 Å². The molecule has 2 aromatic heterocycles. The van der Waals surface area contributed by atoms with E-state index in [2.05, 4.69) is 15.3 Å². The smallest absolute Gasteiger partial charge is 0.263 e. The fourth-order valence-corrected chi connectivity index (χ4v) is 3.06. The van der Waals surface area contributed by atoms with Gasteiger partial charge >= 0.3 is 0 Å². The third-order valence-electron chi connectivity index (χ3n) is 3.44. The van der Waals surface area contributed by atoms with Gasteiger partial charge in [0.15, 0.2) is 5.13 Å². The molecule has 0 aliphatic rings. The lowest BCUT2D eigenvalue weighted by atomic mass is 10.1. The van der Waals surface area contributed by atoms with Crippen LogP contribution in [0.5, 0.6) is 5.75 Å². The van der Waals surface area contributed by atoms with Gasteiger partial charge in [-0.05, 0) is 43.3 Å². The van der Waals surface area contributed by atoms with E-state index in [-0.39, 0.29) is 5.56 Å². The largest absolute Gasteiger partial charge is 0.497 e. The van der Waals surface area contributed by atoms with Crippen LogP contribution >= 0.6 is 11.3 Å².